The molecule has 0 aliphatic carbocycles. The lowest BCUT2D eigenvalue weighted by atomic mass is 10.0. The van der Waals surface area contributed by atoms with Gasteiger partial charge in [-0.15, -0.1) is 0 Å². The molecule has 11 heteroatoms. The summed E-state index contributed by atoms with van der Waals surface area (Å²) in [6.45, 7) is 0. The number of hydrogen-bond donors (Lipinski definition) is 0. The van der Waals surface area contributed by atoms with E-state index in [1.165, 1.54) is 0 Å². The summed E-state index contributed by atoms with van der Waals surface area (Å²) in [5.41, 5.74) is 16.3. The smallest absolute Gasteiger partial charge is 0.164 e. The Morgan fingerprint density at radius 1 is 0.176 bits per heavy atom. The molecule has 0 radical (unpaired) electrons. The second kappa shape index (κ2) is 23.6. The van der Waals surface area contributed by atoms with Gasteiger partial charge in [-0.3, -0.25) is 0 Å². The van der Waals surface area contributed by atoms with Crippen molar-refractivity contribution in [2.45, 2.75) is 0 Å². The van der Waals surface area contributed by atoms with Gasteiger partial charge in [0, 0.05) is 77.5 Å². The molecule has 0 unspecified atom stereocenters. The second-order valence-corrected chi connectivity index (χ2v) is 22.0. The monoisotopic (exact) mass is 1170 g/mol. The van der Waals surface area contributed by atoms with Crippen molar-refractivity contribution in [3.05, 3.63) is 309 Å². The van der Waals surface area contributed by atoms with Crippen molar-refractivity contribution >= 4 is 21.8 Å². The second-order valence-electron chi connectivity index (χ2n) is 22.0. The summed E-state index contributed by atoms with van der Waals surface area (Å²) >= 11 is 0. The van der Waals surface area contributed by atoms with Crippen LogP contribution in [0.4, 0.5) is 0 Å². The van der Waals surface area contributed by atoms with Gasteiger partial charge in [0.1, 0.15) is 0 Å². The van der Waals surface area contributed by atoms with Crippen LogP contribution < -0.4 is 0 Å². The van der Waals surface area contributed by atoms with E-state index in [9.17, 15) is 0 Å². The highest BCUT2D eigenvalue weighted by atomic mass is 15.1. The molecule has 91 heavy (non-hydrogen) atoms. The first kappa shape index (κ1) is 53.8. The topological polar surface area (TPSA) is 134 Å². The first-order chi connectivity index (χ1) is 45.1. The molecular weight excluding hydrogens is 1110 g/mol. The summed E-state index contributed by atoms with van der Waals surface area (Å²) in [5, 5.41) is 1.87. The Kier molecular flexibility index (Phi) is 14.0. The van der Waals surface area contributed by atoms with E-state index in [2.05, 4.69) is 120 Å². The lowest BCUT2D eigenvalue weighted by Gasteiger charge is -2.17. The quantitative estimate of drug-likeness (QED) is 0.110. The van der Waals surface area contributed by atoms with Gasteiger partial charge in [0.05, 0.1) is 39.5 Å². The number of aromatic nitrogens is 11. The molecule has 0 atom stereocenters. The zero-order valence-electron chi connectivity index (χ0n) is 48.9. The Morgan fingerprint density at radius 2 is 0.418 bits per heavy atom. The van der Waals surface area contributed by atoms with E-state index >= 15 is 0 Å². The van der Waals surface area contributed by atoms with E-state index in [0.717, 1.165) is 117 Å². The molecule has 5 heterocycles. The van der Waals surface area contributed by atoms with Crippen molar-refractivity contribution < 1.29 is 0 Å². The molecule has 0 spiro atoms. The van der Waals surface area contributed by atoms with Crippen LogP contribution in [0.15, 0.2) is 309 Å². The Hall–Kier alpha value is -12.6. The van der Waals surface area contributed by atoms with Crippen molar-refractivity contribution in [2.75, 3.05) is 0 Å². The Labute approximate surface area is 524 Å². The summed E-state index contributed by atoms with van der Waals surface area (Å²) in [4.78, 5) is 52.7. The predicted octanol–water partition coefficient (Wildman–Crippen LogP) is 18.7. The van der Waals surface area contributed by atoms with Gasteiger partial charge in [0.15, 0.2) is 46.6 Å². The van der Waals surface area contributed by atoms with E-state index in [0.29, 0.717) is 46.6 Å². The molecule has 16 rings (SSSR count). The van der Waals surface area contributed by atoms with Crippen LogP contribution in [0.5, 0.6) is 0 Å². The summed E-state index contributed by atoms with van der Waals surface area (Å²) in [5.74, 6) is 4.40. The van der Waals surface area contributed by atoms with Gasteiger partial charge in [0.25, 0.3) is 0 Å². The van der Waals surface area contributed by atoms with Crippen LogP contribution >= 0.6 is 0 Å². The van der Waals surface area contributed by atoms with Crippen LogP contribution in [0.1, 0.15) is 0 Å². The van der Waals surface area contributed by atoms with Crippen molar-refractivity contribution in [1.82, 2.24) is 54.4 Å². The minimum Gasteiger partial charge on any atom is -0.308 e. The number of benzene rings is 11. The van der Waals surface area contributed by atoms with Crippen LogP contribution in [-0.2, 0) is 0 Å². The number of rotatable bonds is 13. The van der Waals surface area contributed by atoms with Crippen LogP contribution in [-0.4, -0.2) is 54.4 Å². The average Bonchev–Trinajstić information content (AvgIpc) is 1.62. The molecule has 0 aliphatic rings. The predicted molar refractivity (Wildman–Crippen MR) is 364 cm³/mol. The molecular formula is C80H51N11. The molecule has 16 aromatic rings. The SMILES string of the molecule is c1ccc(-c2cc(-c3ccccc3)nc(-c3ccc(-n4c5ccc(-c6nc(-c7ccccc7)nc(-c7ccccc7)n6)cc5c5cc(-c6nc(-c7ccccc7)nc(-c7ccccc7)n6)ccc54)c(-c4nc(-c5ccccc5)cc(-c5ccccc5)n4)c3)n2)cc1. The third-order valence-electron chi connectivity index (χ3n) is 16.1. The molecule has 0 fully saturated rings. The zero-order chi connectivity index (χ0) is 60.5. The molecule has 5 aromatic heterocycles. The van der Waals surface area contributed by atoms with Gasteiger partial charge in [-0.25, -0.2) is 49.8 Å². The Morgan fingerprint density at radius 3 is 0.725 bits per heavy atom. The van der Waals surface area contributed by atoms with Crippen molar-refractivity contribution in [1.29, 1.82) is 0 Å². The van der Waals surface area contributed by atoms with E-state index < -0.39 is 0 Å². The van der Waals surface area contributed by atoms with Gasteiger partial charge in [0.2, 0.25) is 0 Å². The molecule has 0 bridgehead atoms. The van der Waals surface area contributed by atoms with Crippen LogP contribution in [0.2, 0.25) is 0 Å². The van der Waals surface area contributed by atoms with E-state index in [4.69, 9.17) is 49.8 Å². The van der Waals surface area contributed by atoms with Gasteiger partial charge in [-0.05, 0) is 66.7 Å². The summed E-state index contributed by atoms with van der Waals surface area (Å²) in [7, 11) is 0. The lowest BCUT2D eigenvalue weighted by molar-refractivity contribution is 1.07. The highest BCUT2D eigenvalue weighted by Gasteiger charge is 2.24. The van der Waals surface area contributed by atoms with Gasteiger partial charge in [-0.1, -0.05) is 243 Å². The largest absolute Gasteiger partial charge is 0.308 e. The minimum absolute atomic E-state index is 0.516. The number of nitrogens with zero attached hydrogens (tertiary/aromatic N) is 11. The maximum atomic E-state index is 5.53. The van der Waals surface area contributed by atoms with E-state index in [1.54, 1.807) is 0 Å². The number of fused-ring (bicyclic) bond motifs is 3. The fourth-order valence-corrected chi connectivity index (χ4v) is 11.7. The third kappa shape index (κ3) is 10.7. The van der Waals surface area contributed by atoms with Crippen molar-refractivity contribution in [3.8, 4) is 142 Å². The van der Waals surface area contributed by atoms with E-state index in [1.807, 2.05) is 194 Å². The molecule has 0 amide bonds. The first-order valence-electron chi connectivity index (χ1n) is 30.0. The molecule has 0 N–H and O–H groups in total. The molecule has 0 aliphatic heterocycles. The highest BCUT2D eigenvalue weighted by molar-refractivity contribution is 6.12. The summed E-state index contributed by atoms with van der Waals surface area (Å²) < 4.78 is 2.31. The highest BCUT2D eigenvalue weighted by Crippen LogP contribution is 2.42. The maximum Gasteiger partial charge on any atom is 0.164 e. The molecule has 426 valence electrons. The third-order valence-corrected chi connectivity index (χ3v) is 16.1. The molecule has 11 nitrogen and oxygen atoms in total. The van der Waals surface area contributed by atoms with Crippen LogP contribution in [0.3, 0.4) is 0 Å². The fourth-order valence-electron chi connectivity index (χ4n) is 11.7. The van der Waals surface area contributed by atoms with Crippen molar-refractivity contribution in [2.24, 2.45) is 0 Å². The minimum atomic E-state index is 0.516. The van der Waals surface area contributed by atoms with E-state index in [-0.39, 0.29) is 0 Å². The Balaban J connectivity index is 0.971. The van der Waals surface area contributed by atoms with Crippen LogP contribution in [0.25, 0.3) is 164 Å². The summed E-state index contributed by atoms with van der Waals surface area (Å²) in [6, 6.07) is 105. The molecule has 11 aromatic carbocycles. The lowest BCUT2D eigenvalue weighted by Crippen LogP contribution is -2.03. The Bertz CT molecular complexity index is 4900. The fraction of sp³-hybridized carbons (Fsp3) is 0. The molecule has 0 saturated heterocycles. The number of hydrogen-bond acceptors (Lipinski definition) is 10. The standard InChI is InChI=1S/C80H51N11/c1-9-25-52(26-10-1)66-50-67(53-27-11-2-12-28-53)82-77(81-66)62-43-46-72(65(49-62)80-83-68(54-29-13-3-14-30-54)51-69(84-80)55-31-15-4-16-32-55)91-70-44-41-60(78-87-73(56-33-17-5-18-34-56)85-74(88-78)57-35-19-6-20-36-57)47-63(70)64-48-61(42-45-71(64)91)79-89-75(58-37-21-7-22-38-58)86-76(90-79)59-39-23-8-24-40-59/h1-51H. The maximum absolute atomic E-state index is 5.53. The zero-order valence-corrected chi connectivity index (χ0v) is 48.9. The normalized spacial score (nSPS) is 11.3. The van der Waals surface area contributed by atoms with Gasteiger partial charge in [-0.2, -0.15) is 0 Å². The molecule has 0 saturated carbocycles. The van der Waals surface area contributed by atoms with Gasteiger partial charge < -0.3 is 4.57 Å². The van der Waals surface area contributed by atoms with Gasteiger partial charge >= 0.3 is 0 Å². The van der Waals surface area contributed by atoms with Crippen molar-refractivity contribution in [3.63, 3.8) is 0 Å². The average molecular weight is 1170 g/mol. The summed E-state index contributed by atoms with van der Waals surface area (Å²) in [6.07, 6.45) is 0. The first-order valence-corrected chi connectivity index (χ1v) is 30.0. The van der Waals surface area contributed by atoms with Crippen LogP contribution in [0, 0.1) is 0 Å².